The number of esters is 1. The molecule has 0 aliphatic rings. The first kappa shape index (κ1) is 51.3. The van der Waals surface area contributed by atoms with Crippen LogP contribution in [-0.4, -0.2) is 43.3 Å². The van der Waals surface area contributed by atoms with Crippen molar-refractivity contribution in [3.05, 3.63) is 97.4 Å². The number of unbranched alkanes of at least 4 members (excludes halogenated alkanes) is 11. The predicted molar refractivity (Wildman–Crippen MR) is 228 cm³/mol. The minimum absolute atomic E-state index is 0.0842. The number of carbonyl (C=O) groups excluding carboxylic acids is 1. The summed E-state index contributed by atoms with van der Waals surface area (Å²) in [5.74, 6) is -0.379. The number of ether oxygens (including phenoxy) is 2. The number of rotatable bonds is 38. The fraction of sp³-hybridized carbons (Fsp3) is 0.622. The molecular weight excluding hydrogens is 697 g/mol. The van der Waals surface area contributed by atoms with E-state index in [0.29, 0.717) is 6.42 Å². The number of nitrogens with two attached hydrogens (primary N) is 1. The normalized spacial score (nSPS) is 14.4. The average molecular weight is 774 g/mol. The molecule has 0 rings (SSSR count). The molecule has 0 aliphatic heterocycles. The fourth-order valence-electron chi connectivity index (χ4n) is 5.00. The van der Waals surface area contributed by atoms with E-state index in [0.717, 1.165) is 64.2 Å². The van der Waals surface area contributed by atoms with Crippen molar-refractivity contribution in [3.63, 3.8) is 0 Å². The van der Waals surface area contributed by atoms with Gasteiger partial charge in [-0.05, 0) is 89.5 Å². The summed E-state index contributed by atoms with van der Waals surface area (Å²) in [6.45, 7) is 3.97. The third kappa shape index (κ3) is 40.4. The molecule has 2 atom stereocenters. The molecular formula is C45H76NO7P. The lowest BCUT2D eigenvalue weighted by Crippen LogP contribution is -2.25. The van der Waals surface area contributed by atoms with E-state index in [-0.39, 0.29) is 38.8 Å². The molecule has 0 saturated carbocycles. The molecule has 54 heavy (non-hydrogen) atoms. The Morgan fingerprint density at radius 2 is 1.06 bits per heavy atom. The quantitative estimate of drug-likeness (QED) is 0.0209. The Morgan fingerprint density at radius 3 is 1.57 bits per heavy atom. The highest BCUT2D eigenvalue weighted by atomic mass is 31.2. The first-order valence-electron chi connectivity index (χ1n) is 20.8. The Balaban J connectivity index is 4.27. The van der Waals surface area contributed by atoms with Crippen LogP contribution in [0.25, 0.3) is 0 Å². The predicted octanol–water partition coefficient (Wildman–Crippen LogP) is 12.6. The SMILES string of the molecule is CCC=CCC=CCC=CCC=CCC=CCC=CCCC(=O)OC[C@H](COP(=O)(O)OCCN)OC=CCCCCCCC=CCCCCCCCC. The molecule has 0 aromatic carbocycles. The molecule has 8 nitrogen and oxygen atoms in total. The summed E-state index contributed by atoms with van der Waals surface area (Å²) in [6.07, 6.45) is 55.4. The lowest BCUT2D eigenvalue weighted by Gasteiger charge is -2.19. The Hall–Kier alpha value is -2.74. The summed E-state index contributed by atoms with van der Waals surface area (Å²) in [4.78, 5) is 22.2. The molecule has 0 aromatic heterocycles. The number of hydrogen-bond donors (Lipinski definition) is 2. The van der Waals surface area contributed by atoms with Crippen LogP contribution >= 0.6 is 7.82 Å². The summed E-state index contributed by atoms with van der Waals surface area (Å²) < 4.78 is 33.1. The highest BCUT2D eigenvalue weighted by Gasteiger charge is 2.24. The second kappa shape index (κ2) is 41.4. The lowest BCUT2D eigenvalue weighted by atomic mass is 10.1. The van der Waals surface area contributed by atoms with E-state index in [4.69, 9.17) is 24.3 Å². The Morgan fingerprint density at radius 1 is 0.593 bits per heavy atom. The van der Waals surface area contributed by atoms with Crippen LogP contribution in [0.5, 0.6) is 0 Å². The molecule has 0 aromatic rings. The van der Waals surface area contributed by atoms with Crippen molar-refractivity contribution in [2.75, 3.05) is 26.4 Å². The summed E-state index contributed by atoms with van der Waals surface area (Å²) in [6, 6.07) is 0. The zero-order valence-electron chi connectivity index (χ0n) is 33.9. The molecule has 0 amide bonds. The van der Waals surface area contributed by atoms with Crippen LogP contribution in [0.4, 0.5) is 0 Å². The standard InChI is InChI=1S/C45H76NO7P/c1-3-5-7-9-11-13-15-17-19-21-22-23-24-26-28-30-32-34-36-38-45(47)51-42-44(43-53-54(48,49)52-41-39-46)50-40-37-35-33-31-29-27-25-20-18-16-14-12-10-8-6-4-2/h5,7,11,13,17-20,22-23,26,28,32,34,37,40,44H,3-4,6,8-10,12,14-16,21,24-25,27,29-31,33,35-36,38-39,41-43,46H2,1-2H3,(H,48,49)/t44-/m1/s1. The van der Waals surface area contributed by atoms with Crippen LogP contribution in [0.2, 0.25) is 0 Å². The van der Waals surface area contributed by atoms with Crippen LogP contribution in [0, 0.1) is 0 Å². The fourth-order valence-corrected chi connectivity index (χ4v) is 5.76. The number of phosphoric ester groups is 1. The number of hydrogen-bond acceptors (Lipinski definition) is 7. The molecule has 9 heteroatoms. The largest absolute Gasteiger partial charge is 0.492 e. The van der Waals surface area contributed by atoms with Crippen LogP contribution in [0.3, 0.4) is 0 Å². The Labute approximate surface area is 330 Å². The third-order valence-electron chi connectivity index (χ3n) is 8.09. The zero-order valence-corrected chi connectivity index (χ0v) is 34.8. The van der Waals surface area contributed by atoms with Crippen molar-refractivity contribution >= 4 is 13.8 Å². The van der Waals surface area contributed by atoms with E-state index < -0.39 is 13.9 Å². The van der Waals surface area contributed by atoms with Gasteiger partial charge in [-0.1, -0.05) is 144 Å². The number of carbonyl (C=O) groups is 1. The molecule has 0 radical (unpaired) electrons. The second-order valence-corrected chi connectivity index (χ2v) is 14.6. The molecule has 0 heterocycles. The van der Waals surface area contributed by atoms with Crippen molar-refractivity contribution < 1.29 is 32.8 Å². The van der Waals surface area contributed by atoms with Crippen LogP contribution in [0.15, 0.2) is 97.4 Å². The Kier molecular flexibility index (Phi) is 39.3. The maximum Gasteiger partial charge on any atom is 0.472 e. The van der Waals surface area contributed by atoms with Gasteiger partial charge in [-0.15, -0.1) is 0 Å². The highest BCUT2D eigenvalue weighted by molar-refractivity contribution is 7.47. The zero-order chi connectivity index (χ0) is 39.5. The van der Waals surface area contributed by atoms with Gasteiger partial charge in [-0.2, -0.15) is 0 Å². The van der Waals surface area contributed by atoms with Gasteiger partial charge in [0, 0.05) is 13.0 Å². The molecule has 1 unspecified atom stereocenters. The minimum atomic E-state index is -4.29. The van der Waals surface area contributed by atoms with Gasteiger partial charge in [0.05, 0.1) is 19.5 Å². The maximum atomic E-state index is 12.4. The number of allylic oxidation sites excluding steroid dienone is 15. The van der Waals surface area contributed by atoms with Gasteiger partial charge in [-0.3, -0.25) is 13.8 Å². The minimum Gasteiger partial charge on any atom is -0.492 e. The van der Waals surface area contributed by atoms with Gasteiger partial charge in [0.15, 0.2) is 6.10 Å². The van der Waals surface area contributed by atoms with Crippen molar-refractivity contribution in [1.82, 2.24) is 0 Å². The molecule has 3 N–H and O–H groups in total. The summed E-state index contributed by atoms with van der Waals surface area (Å²) in [5, 5.41) is 0. The summed E-state index contributed by atoms with van der Waals surface area (Å²) in [5.41, 5.74) is 5.35. The highest BCUT2D eigenvalue weighted by Crippen LogP contribution is 2.43. The third-order valence-corrected chi connectivity index (χ3v) is 9.07. The van der Waals surface area contributed by atoms with Crippen molar-refractivity contribution in [2.24, 2.45) is 5.73 Å². The average Bonchev–Trinajstić information content (AvgIpc) is 3.16. The van der Waals surface area contributed by atoms with Gasteiger partial charge in [0.2, 0.25) is 0 Å². The van der Waals surface area contributed by atoms with Gasteiger partial charge in [0.25, 0.3) is 0 Å². The van der Waals surface area contributed by atoms with Crippen LogP contribution in [0.1, 0.15) is 149 Å². The van der Waals surface area contributed by atoms with Crippen molar-refractivity contribution in [1.29, 1.82) is 0 Å². The number of phosphoric acid groups is 1. The first-order valence-corrected chi connectivity index (χ1v) is 22.3. The molecule has 0 spiro atoms. The Bertz CT molecular complexity index is 1140. The van der Waals surface area contributed by atoms with Gasteiger partial charge >= 0.3 is 13.8 Å². The molecule has 0 bridgehead atoms. The second-order valence-electron chi connectivity index (χ2n) is 13.2. The van der Waals surface area contributed by atoms with E-state index in [1.54, 1.807) is 6.26 Å². The van der Waals surface area contributed by atoms with Crippen LogP contribution in [-0.2, 0) is 27.9 Å². The van der Waals surface area contributed by atoms with E-state index in [2.05, 4.69) is 86.8 Å². The van der Waals surface area contributed by atoms with Gasteiger partial charge < -0.3 is 20.1 Å². The first-order chi connectivity index (χ1) is 26.4. The summed E-state index contributed by atoms with van der Waals surface area (Å²) >= 11 is 0. The topological polar surface area (TPSA) is 117 Å². The van der Waals surface area contributed by atoms with Gasteiger partial charge in [-0.25, -0.2) is 4.57 Å². The molecule has 0 saturated heterocycles. The van der Waals surface area contributed by atoms with Crippen LogP contribution < -0.4 is 5.73 Å². The van der Waals surface area contributed by atoms with Gasteiger partial charge in [0.1, 0.15) is 6.61 Å². The lowest BCUT2D eigenvalue weighted by molar-refractivity contribution is -0.147. The van der Waals surface area contributed by atoms with Crippen molar-refractivity contribution in [3.8, 4) is 0 Å². The van der Waals surface area contributed by atoms with E-state index in [1.807, 2.05) is 18.2 Å². The van der Waals surface area contributed by atoms with Crippen molar-refractivity contribution in [2.45, 2.75) is 155 Å². The monoisotopic (exact) mass is 774 g/mol. The molecule has 0 fully saturated rings. The smallest absolute Gasteiger partial charge is 0.472 e. The molecule has 0 aliphatic carbocycles. The van der Waals surface area contributed by atoms with E-state index in [9.17, 15) is 14.3 Å². The van der Waals surface area contributed by atoms with E-state index in [1.165, 1.54) is 57.8 Å². The van der Waals surface area contributed by atoms with E-state index >= 15 is 0 Å². The summed E-state index contributed by atoms with van der Waals surface area (Å²) in [7, 11) is -4.29. The molecule has 308 valence electrons. The maximum absolute atomic E-state index is 12.4.